The number of ketones is 1. The van der Waals surface area contributed by atoms with Crippen molar-refractivity contribution in [1.82, 2.24) is 0 Å². The monoisotopic (exact) mass is 292 g/mol. The quantitative estimate of drug-likeness (QED) is 0.413. The van der Waals surface area contributed by atoms with E-state index in [9.17, 15) is 4.79 Å². The Morgan fingerprint density at radius 3 is 2.91 bits per heavy atom. The predicted molar refractivity (Wildman–Crippen MR) is 81.4 cm³/mol. The molecule has 0 saturated heterocycles. The number of hydrogen-bond donors (Lipinski definition) is 0. The molecule has 2 aromatic carbocycles. The minimum absolute atomic E-state index is 0.172. The van der Waals surface area contributed by atoms with Gasteiger partial charge in [0.1, 0.15) is 12.2 Å². The van der Waals surface area contributed by atoms with Crippen LogP contribution in [0.2, 0.25) is 0 Å². The minimum atomic E-state index is -0.172. The van der Waals surface area contributed by atoms with Gasteiger partial charge in [-0.15, -0.1) is 0 Å². The summed E-state index contributed by atoms with van der Waals surface area (Å²) in [5.41, 5.74) is 2.58. The summed E-state index contributed by atoms with van der Waals surface area (Å²) in [6.45, 7) is 0.456. The number of benzene rings is 2. The number of carbonyl (C=O) groups is 1. The second kappa shape index (κ2) is 5.16. The largest absolute Gasteiger partial charge is 0.453 e. The van der Waals surface area contributed by atoms with Crippen molar-refractivity contribution in [3.63, 3.8) is 0 Å². The zero-order chi connectivity index (χ0) is 14.9. The molecule has 0 N–H and O–H groups in total. The Morgan fingerprint density at radius 1 is 1.09 bits per heavy atom. The summed E-state index contributed by atoms with van der Waals surface area (Å²) in [6.07, 6.45) is 3.23. The van der Waals surface area contributed by atoms with Gasteiger partial charge in [-0.1, -0.05) is 36.4 Å². The number of hydrogen-bond acceptors (Lipinski definition) is 4. The van der Waals surface area contributed by atoms with E-state index in [1.54, 1.807) is 12.1 Å². The van der Waals surface area contributed by atoms with Crippen LogP contribution in [0.15, 0.2) is 59.0 Å². The lowest BCUT2D eigenvalue weighted by atomic mass is 10.1. The first kappa shape index (κ1) is 12.9. The van der Waals surface area contributed by atoms with E-state index in [1.165, 1.54) is 6.08 Å². The molecule has 22 heavy (non-hydrogen) atoms. The van der Waals surface area contributed by atoms with Gasteiger partial charge in [0, 0.05) is 10.9 Å². The van der Waals surface area contributed by atoms with Gasteiger partial charge in [0.15, 0.2) is 11.5 Å². The van der Waals surface area contributed by atoms with E-state index >= 15 is 0 Å². The molecule has 0 fully saturated rings. The Hall–Kier alpha value is -2.85. The number of furan rings is 1. The van der Waals surface area contributed by atoms with Crippen molar-refractivity contribution in [2.75, 3.05) is 0 Å². The summed E-state index contributed by atoms with van der Waals surface area (Å²) in [4.78, 5) is 22.1. The first-order chi connectivity index (χ1) is 10.8. The highest BCUT2D eigenvalue weighted by molar-refractivity contribution is 6.06. The SMILES string of the molecule is O=C(/C=C/c1ccc2c(c1)OOC2)c1cc2ccccc2o1. The van der Waals surface area contributed by atoms with Gasteiger partial charge in [0.05, 0.1) is 0 Å². The van der Waals surface area contributed by atoms with Crippen molar-refractivity contribution in [2.45, 2.75) is 6.61 Å². The second-order valence-corrected chi connectivity index (χ2v) is 5.06. The van der Waals surface area contributed by atoms with Gasteiger partial charge in [-0.3, -0.25) is 4.79 Å². The van der Waals surface area contributed by atoms with E-state index in [0.29, 0.717) is 23.7 Å². The summed E-state index contributed by atoms with van der Waals surface area (Å²) in [5.74, 6) is 0.852. The van der Waals surface area contributed by atoms with E-state index < -0.39 is 0 Å². The first-order valence-electron chi connectivity index (χ1n) is 6.93. The van der Waals surface area contributed by atoms with Gasteiger partial charge in [0.25, 0.3) is 0 Å². The van der Waals surface area contributed by atoms with Crippen molar-refractivity contribution in [1.29, 1.82) is 0 Å². The lowest BCUT2D eigenvalue weighted by Crippen LogP contribution is -1.90. The summed E-state index contributed by atoms with van der Waals surface area (Å²) in [5, 5.41) is 0.919. The van der Waals surface area contributed by atoms with Crippen LogP contribution < -0.4 is 4.89 Å². The highest BCUT2D eigenvalue weighted by Crippen LogP contribution is 2.27. The molecule has 1 aliphatic heterocycles. The Bertz CT molecular complexity index is 856. The topological polar surface area (TPSA) is 48.7 Å². The van der Waals surface area contributed by atoms with E-state index in [-0.39, 0.29) is 5.78 Å². The van der Waals surface area contributed by atoms with Crippen LogP contribution >= 0.6 is 0 Å². The van der Waals surface area contributed by atoms with Crippen LogP contribution in [0.5, 0.6) is 5.75 Å². The van der Waals surface area contributed by atoms with Crippen LogP contribution in [0.3, 0.4) is 0 Å². The average molecular weight is 292 g/mol. The van der Waals surface area contributed by atoms with Crippen LogP contribution in [0, 0.1) is 0 Å². The fourth-order valence-electron chi connectivity index (χ4n) is 2.39. The summed E-state index contributed by atoms with van der Waals surface area (Å²) < 4.78 is 5.55. The Kier molecular flexibility index (Phi) is 3.02. The van der Waals surface area contributed by atoms with Crippen molar-refractivity contribution in [3.8, 4) is 5.75 Å². The molecule has 0 amide bonds. The maximum Gasteiger partial charge on any atom is 0.221 e. The molecule has 3 aromatic rings. The molecule has 4 heteroatoms. The normalized spacial score (nSPS) is 13.5. The number of carbonyl (C=O) groups excluding carboxylic acids is 1. The molecule has 108 valence electrons. The fourth-order valence-corrected chi connectivity index (χ4v) is 2.39. The number of rotatable bonds is 3. The Labute approximate surface area is 126 Å². The van der Waals surface area contributed by atoms with Crippen LogP contribution in [0.25, 0.3) is 17.0 Å². The van der Waals surface area contributed by atoms with Crippen LogP contribution in [-0.2, 0) is 11.5 Å². The third-order valence-electron chi connectivity index (χ3n) is 3.55. The molecule has 1 aromatic heterocycles. The molecular formula is C18H12O4. The van der Waals surface area contributed by atoms with Crippen LogP contribution in [-0.4, -0.2) is 5.78 Å². The van der Waals surface area contributed by atoms with E-state index in [2.05, 4.69) is 0 Å². The highest BCUT2D eigenvalue weighted by atomic mass is 17.2. The summed E-state index contributed by atoms with van der Waals surface area (Å²) in [6, 6.07) is 15.0. The molecule has 0 aliphatic carbocycles. The van der Waals surface area contributed by atoms with Crippen molar-refractivity contribution in [3.05, 3.63) is 71.5 Å². The zero-order valence-electron chi connectivity index (χ0n) is 11.6. The van der Waals surface area contributed by atoms with Gasteiger partial charge in [0.2, 0.25) is 5.78 Å². The Balaban J connectivity index is 1.58. The molecule has 0 radical (unpaired) electrons. The van der Waals surface area contributed by atoms with E-state index in [4.69, 9.17) is 14.2 Å². The van der Waals surface area contributed by atoms with Crippen LogP contribution in [0.1, 0.15) is 21.7 Å². The lowest BCUT2D eigenvalue weighted by molar-refractivity contribution is -0.194. The fraction of sp³-hybridized carbons (Fsp3) is 0.0556. The molecule has 2 heterocycles. The standard InChI is InChI=1S/C18H12O4/c19-15(18-10-13-3-1-2-4-16(13)21-18)8-6-12-5-7-14-11-20-22-17(14)9-12/h1-10H,11H2/b8-6+. The molecule has 0 unspecified atom stereocenters. The third kappa shape index (κ3) is 2.29. The average Bonchev–Trinajstić information content (AvgIpc) is 3.18. The van der Waals surface area contributed by atoms with Gasteiger partial charge in [-0.05, 0) is 29.8 Å². The number of fused-ring (bicyclic) bond motifs is 2. The maximum atomic E-state index is 12.2. The van der Waals surface area contributed by atoms with Crippen LogP contribution in [0.4, 0.5) is 0 Å². The molecule has 4 nitrogen and oxygen atoms in total. The predicted octanol–water partition coefficient (Wildman–Crippen LogP) is 4.15. The van der Waals surface area contributed by atoms with Gasteiger partial charge >= 0.3 is 0 Å². The molecular weight excluding hydrogens is 280 g/mol. The third-order valence-corrected chi connectivity index (χ3v) is 3.55. The minimum Gasteiger partial charge on any atom is -0.453 e. The van der Waals surface area contributed by atoms with E-state index in [1.807, 2.05) is 42.5 Å². The number of allylic oxidation sites excluding steroid dienone is 1. The maximum absolute atomic E-state index is 12.2. The zero-order valence-corrected chi connectivity index (χ0v) is 11.6. The van der Waals surface area contributed by atoms with Gasteiger partial charge < -0.3 is 9.30 Å². The van der Waals surface area contributed by atoms with Gasteiger partial charge in [-0.2, -0.15) is 4.89 Å². The lowest BCUT2D eigenvalue weighted by Gasteiger charge is -1.97. The van der Waals surface area contributed by atoms with Gasteiger partial charge in [-0.25, -0.2) is 0 Å². The molecule has 0 saturated carbocycles. The molecule has 1 aliphatic rings. The Morgan fingerprint density at radius 2 is 2.00 bits per heavy atom. The number of para-hydroxylation sites is 1. The summed E-state index contributed by atoms with van der Waals surface area (Å²) >= 11 is 0. The molecule has 0 bridgehead atoms. The second-order valence-electron chi connectivity index (χ2n) is 5.06. The van der Waals surface area contributed by atoms with Crippen molar-refractivity contribution < 1.29 is 19.0 Å². The van der Waals surface area contributed by atoms with Crippen molar-refractivity contribution >= 4 is 22.8 Å². The van der Waals surface area contributed by atoms with Crippen molar-refractivity contribution in [2.24, 2.45) is 0 Å². The smallest absolute Gasteiger partial charge is 0.221 e. The molecule has 4 rings (SSSR count). The first-order valence-corrected chi connectivity index (χ1v) is 6.93. The van der Waals surface area contributed by atoms with E-state index in [0.717, 1.165) is 16.5 Å². The molecule has 0 spiro atoms. The summed E-state index contributed by atoms with van der Waals surface area (Å²) in [7, 11) is 0. The highest BCUT2D eigenvalue weighted by Gasteiger charge is 2.13. The molecule has 0 atom stereocenters.